The first-order valence-corrected chi connectivity index (χ1v) is 6.44. The molecule has 0 aliphatic heterocycles. The lowest BCUT2D eigenvalue weighted by molar-refractivity contribution is 0.954. The monoisotopic (exact) mass is 298 g/mol. The zero-order valence-electron chi connectivity index (χ0n) is 9.02. The Balaban J connectivity index is 2.25. The molecule has 7 heteroatoms. The number of hydrogen-bond donors (Lipinski definition) is 2. The number of halogens is 2. The van der Waals surface area contributed by atoms with Crippen molar-refractivity contribution < 1.29 is 0 Å². The second kappa shape index (κ2) is 5.56. The van der Waals surface area contributed by atoms with Crippen molar-refractivity contribution in [1.82, 2.24) is 9.97 Å². The van der Waals surface area contributed by atoms with E-state index in [0.29, 0.717) is 20.9 Å². The summed E-state index contributed by atoms with van der Waals surface area (Å²) in [4.78, 5) is 9.10. The number of nitrogen functional groups attached to an aromatic ring is 1. The summed E-state index contributed by atoms with van der Waals surface area (Å²) in [5.74, 6) is -0.0895. The summed E-state index contributed by atoms with van der Waals surface area (Å²) in [6, 6.07) is 6.85. The van der Waals surface area contributed by atoms with Crippen LogP contribution in [0.15, 0.2) is 40.5 Å². The van der Waals surface area contributed by atoms with E-state index in [1.807, 2.05) is 6.07 Å². The molecule has 1 heterocycles. The van der Waals surface area contributed by atoms with E-state index < -0.39 is 0 Å². The zero-order chi connectivity index (χ0) is 13.1. The van der Waals surface area contributed by atoms with E-state index in [2.05, 4.69) is 9.97 Å². The van der Waals surface area contributed by atoms with Crippen molar-refractivity contribution in [3.8, 4) is 0 Å². The van der Waals surface area contributed by atoms with Gasteiger partial charge in [-0.3, -0.25) is 5.41 Å². The molecule has 0 bridgehead atoms. The highest BCUT2D eigenvalue weighted by atomic mass is 35.5. The summed E-state index contributed by atoms with van der Waals surface area (Å²) in [7, 11) is 0. The second-order valence-electron chi connectivity index (χ2n) is 3.32. The Morgan fingerprint density at radius 2 is 2.00 bits per heavy atom. The van der Waals surface area contributed by atoms with Crippen molar-refractivity contribution in [2.45, 2.75) is 10.1 Å². The minimum absolute atomic E-state index is 0.0895. The normalized spacial score (nSPS) is 10.3. The van der Waals surface area contributed by atoms with Gasteiger partial charge in [0, 0.05) is 11.1 Å². The second-order valence-corrected chi connectivity index (χ2v) is 5.17. The van der Waals surface area contributed by atoms with E-state index in [4.69, 9.17) is 34.3 Å². The van der Waals surface area contributed by atoms with Gasteiger partial charge < -0.3 is 5.73 Å². The van der Waals surface area contributed by atoms with Gasteiger partial charge in [-0.15, -0.1) is 0 Å². The van der Waals surface area contributed by atoms with Crippen LogP contribution in [0.1, 0.15) is 5.69 Å². The molecule has 0 saturated heterocycles. The SMILES string of the molecule is N=C(N)c1ccnc(Sc2ccc(Cl)c(Cl)c2)n1. The van der Waals surface area contributed by atoms with Gasteiger partial charge in [-0.25, -0.2) is 9.97 Å². The van der Waals surface area contributed by atoms with Crippen molar-refractivity contribution in [2.75, 3.05) is 0 Å². The zero-order valence-corrected chi connectivity index (χ0v) is 11.4. The molecule has 0 radical (unpaired) electrons. The maximum atomic E-state index is 7.31. The van der Waals surface area contributed by atoms with Crippen LogP contribution in [-0.4, -0.2) is 15.8 Å². The predicted octanol–water partition coefficient (Wildman–Crippen LogP) is 3.22. The van der Waals surface area contributed by atoms with E-state index in [1.54, 1.807) is 24.4 Å². The summed E-state index contributed by atoms with van der Waals surface area (Å²) in [5, 5.41) is 8.79. The standard InChI is InChI=1S/C11H8Cl2N4S/c12-7-2-1-6(5-8(7)13)18-11-16-4-3-9(17-11)10(14)15/h1-5H,(H3,14,15). The number of hydrogen-bond acceptors (Lipinski definition) is 4. The Hall–Kier alpha value is -1.30. The fourth-order valence-corrected chi connectivity index (χ4v) is 2.33. The molecular formula is C11H8Cl2N4S. The third-order valence-electron chi connectivity index (χ3n) is 2.01. The molecule has 0 aliphatic rings. The lowest BCUT2D eigenvalue weighted by atomic mass is 10.4. The first kappa shape index (κ1) is 13.1. The van der Waals surface area contributed by atoms with Crippen LogP contribution in [0.25, 0.3) is 0 Å². The molecule has 0 fully saturated rings. The van der Waals surface area contributed by atoms with Gasteiger partial charge in [0.1, 0.15) is 11.5 Å². The van der Waals surface area contributed by atoms with Crippen LogP contribution in [0.3, 0.4) is 0 Å². The van der Waals surface area contributed by atoms with E-state index >= 15 is 0 Å². The number of aromatic nitrogens is 2. The molecule has 0 atom stereocenters. The van der Waals surface area contributed by atoms with Gasteiger partial charge in [0.15, 0.2) is 5.16 Å². The van der Waals surface area contributed by atoms with Crippen LogP contribution in [0.5, 0.6) is 0 Å². The Kier molecular flexibility index (Phi) is 4.06. The van der Waals surface area contributed by atoms with Gasteiger partial charge in [-0.1, -0.05) is 23.2 Å². The molecule has 2 aromatic rings. The molecule has 0 saturated carbocycles. The summed E-state index contributed by atoms with van der Waals surface area (Å²) >= 11 is 13.1. The van der Waals surface area contributed by atoms with Crippen molar-refractivity contribution in [3.05, 3.63) is 46.2 Å². The van der Waals surface area contributed by atoms with Gasteiger partial charge in [-0.05, 0) is 36.0 Å². The molecule has 1 aromatic carbocycles. The van der Waals surface area contributed by atoms with Gasteiger partial charge in [-0.2, -0.15) is 0 Å². The average Bonchev–Trinajstić information content (AvgIpc) is 2.34. The smallest absolute Gasteiger partial charge is 0.193 e. The van der Waals surface area contributed by atoms with E-state index in [-0.39, 0.29) is 5.84 Å². The summed E-state index contributed by atoms with van der Waals surface area (Å²) < 4.78 is 0. The van der Waals surface area contributed by atoms with Crippen molar-refractivity contribution in [2.24, 2.45) is 5.73 Å². The van der Waals surface area contributed by atoms with Gasteiger partial charge in [0.2, 0.25) is 0 Å². The fourth-order valence-electron chi connectivity index (χ4n) is 1.19. The van der Waals surface area contributed by atoms with E-state index in [9.17, 15) is 0 Å². The van der Waals surface area contributed by atoms with E-state index in [1.165, 1.54) is 11.8 Å². The lowest BCUT2D eigenvalue weighted by Crippen LogP contribution is -2.13. The molecule has 4 nitrogen and oxygen atoms in total. The largest absolute Gasteiger partial charge is 0.382 e. The summed E-state index contributed by atoms with van der Waals surface area (Å²) in [5.41, 5.74) is 5.76. The summed E-state index contributed by atoms with van der Waals surface area (Å²) in [6.45, 7) is 0. The number of nitrogens with zero attached hydrogens (tertiary/aromatic N) is 2. The number of rotatable bonds is 3. The molecule has 0 aliphatic carbocycles. The van der Waals surface area contributed by atoms with Gasteiger partial charge >= 0.3 is 0 Å². The molecular weight excluding hydrogens is 291 g/mol. The Labute approximate surface area is 118 Å². The molecule has 1 aromatic heterocycles. The first-order valence-electron chi connectivity index (χ1n) is 4.86. The molecule has 0 amide bonds. The minimum Gasteiger partial charge on any atom is -0.382 e. The first-order chi connectivity index (χ1) is 8.56. The van der Waals surface area contributed by atoms with Crippen molar-refractivity contribution in [3.63, 3.8) is 0 Å². The van der Waals surface area contributed by atoms with Gasteiger partial charge in [0.05, 0.1) is 10.0 Å². The highest BCUT2D eigenvalue weighted by molar-refractivity contribution is 7.99. The molecule has 2 rings (SSSR count). The number of nitrogens with one attached hydrogen (secondary N) is 1. The number of amidine groups is 1. The molecule has 92 valence electrons. The van der Waals surface area contributed by atoms with Crippen LogP contribution in [-0.2, 0) is 0 Å². The number of benzene rings is 1. The van der Waals surface area contributed by atoms with Crippen LogP contribution in [0, 0.1) is 5.41 Å². The Morgan fingerprint density at radius 3 is 2.67 bits per heavy atom. The Morgan fingerprint density at radius 1 is 1.22 bits per heavy atom. The lowest BCUT2D eigenvalue weighted by Gasteiger charge is -2.03. The molecule has 18 heavy (non-hydrogen) atoms. The van der Waals surface area contributed by atoms with Crippen LogP contribution in [0.2, 0.25) is 10.0 Å². The quantitative estimate of drug-likeness (QED) is 0.518. The van der Waals surface area contributed by atoms with E-state index in [0.717, 1.165) is 4.90 Å². The maximum Gasteiger partial charge on any atom is 0.193 e. The predicted molar refractivity (Wildman–Crippen MR) is 73.6 cm³/mol. The fraction of sp³-hybridized carbons (Fsp3) is 0. The van der Waals surface area contributed by atoms with Crippen molar-refractivity contribution >= 4 is 40.8 Å². The third kappa shape index (κ3) is 3.13. The average molecular weight is 299 g/mol. The van der Waals surface area contributed by atoms with Gasteiger partial charge in [0.25, 0.3) is 0 Å². The minimum atomic E-state index is -0.0895. The maximum absolute atomic E-state index is 7.31. The Bertz CT molecular complexity index is 603. The van der Waals surface area contributed by atoms with Crippen LogP contribution in [0.4, 0.5) is 0 Å². The molecule has 0 spiro atoms. The summed E-state index contributed by atoms with van der Waals surface area (Å²) in [6.07, 6.45) is 1.56. The highest BCUT2D eigenvalue weighted by Crippen LogP contribution is 2.30. The molecule has 3 N–H and O–H groups in total. The van der Waals surface area contributed by atoms with Crippen LogP contribution >= 0.6 is 35.0 Å². The molecule has 0 unspecified atom stereocenters. The topological polar surface area (TPSA) is 75.7 Å². The highest BCUT2D eigenvalue weighted by Gasteiger charge is 2.06. The van der Waals surface area contributed by atoms with Crippen LogP contribution < -0.4 is 5.73 Å². The number of nitrogens with two attached hydrogens (primary N) is 1. The third-order valence-corrected chi connectivity index (χ3v) is 3.62. The van der Waals surface area contributed by atoms with Crippen molar-refractivity contribution in [1.29, 1.82) is 5.41 Å².